The molecule has 0 aliphatic heterocycles. The molecular formula is C14H14FN3O4. The number of pyridine rings is 1. The largest absolute Gasteiger partial charge is 0.494 e. The van der Waals surface area contributed by atoms with E-state index < -0.39 is 10.7 Å². The molecule has 0 saturated heterocycles. The van der Waals surface area contributed by atoms with Crippen molar-refractivity contribution in [2.24, 2.45) is 0 Å². The minimum absolute atomic E-state index is 0.0775. The fraction of sp³-hybridized carbons (Fsp3) is 0.214. The molecule has 0 atom stereocenters. The Balaban J connectivity index is 2.30. The van der Waals surface area contributed by atoms with Crippen LogP contribution >= 0.6 is 0 Å². The molecule has 2 aromatic rings. The van der Waals surface area contributed by atoms with Gasteiger partial charge in [-0.05, 0) is 6.07 Å². The SMILES string of the molecule is COc1cc(NCc2cccnc2OC)c([N+](=O)[O-])cc1F. The van der Waals surface area contributed by atoms with Crippen molar-refractivity contribution in [3.8, 4) is 11.6 Å². The number of aromatic nitrogens is 1. The number of hydrogen-bond donors (Lipinski definition) is 1. The van der Waals surface area contributed by atoms with Gasteiger partial charge in [-0.1, -0.05) is 6.07 Å². The fourth-order valence-corrected chi connectivity index (χ4v) is 1.92. The Morgan fingerprint density at radius 3 is 2.77 bits per heavy atom. The van der Waals surface area contributed by atoms with E-state index in [2.05, 4.69) is 10.3 Å². The first-order valence-electron chi connectivity index (χ1n) is 6.30. The average molecular weight is 307 g/mol. The molecule has 116 valence electrons. The van der Waals surface area contributed by atoms with Gasteiger partial charge in [0.1, 0.15) is 5.69 Å². The van der Waals surface area contributed by atoms with Crippen molar-refractivity contribution in [1.29, 1.82) is 0 Å². The number of methoxy groups -OCH3 is 2. The molecule has 0 aliphatic carbocycles. The van der Waals surface area contributed by atoms with Gasteiger partial charge in [0.25, 0.3) is 5.69 Å². The molecule has 0 saturated carbocycles. The van der Waals surface area contributed by atoms with Crippen molar-refractivity contribution in [3.63, 3.8) is 0 Å². The van der Waals surface area contributed by atoms with Crippen LogP contribution in [-0.4, -0.2) is 24.1 Å². The van der Waals surface area contributed by atoms with Crippen LogP contribution in [0.5, 0.6) is 11.6 Å². The first kappa shape index (κ1) is 15.5. The van der Waals surface area contributed by atoms with Gasteiger partial charge in [-0.3, -0.25) is 10.1 Å². The molecule has 1 N–H and O–H groups in total. The van der Waals surface area contributed by atoms with Gasteiger partial charge in [-0.2, -0.15) is 0 Å². The van der Waals surface area contributed by atoms with Crippen LogP contribution in [0.4, 0.5) is 15.8 Å². The molecule has 7 nitrogen and oxygen atoms in total. The van der Waals surface area contributed by atoms with Crippen molar-refractivity contribution in [3.05, 3.63) is 52.0 Å². The lowest BCUT2D eigenvalue weighted by molar-refractivity contribution is -0.384. The second-order valence-corrected chi connectivity index (χ2v) is 4.29. The zero-order chi connectivity index (χ0) is 16.1. The molecule has 0 amide bonds. The third kappa shape index (κ3) is 3.22. The molecule has 22 heavy (non-hydrogen) atoms. The lowest BCUT2D eigenvalue weighted by Gasteiger charge is -2.11. The minimum Gasteiger partial charge on any atom is -0.494 e. The maximum absolute atomic E-state index is 13.6. The summed E-state index contributed by atoms with van der Waals surface area (Å²) in [7, 11) is 2.77. The van der Waals surface area contributed by atoms with Gasteiger partial charge in [0.2, 0.25) is 5.88 Å². The third-order valence-corrected chi connectivity index (χ3v) is 2.98. The van der Waals surface area contributed by atoms with Crippen LogP contribution < -0.4 is 14.8 Å². The highest BCUT2D eigenvalue weighted by Crippen LogP contribution is 2.32. The summed E-state index contributed by atoms with van der Waals surface area (Å²) in [5, 5.41) is 13.9. The van der Waals surface area contributed by atoms with Crippen LogP contribution in [0.3, 0.4) is 0 Å². The molecule has 0 radical (unpaired) electrons. The van der Waals surface area contributed by atoms with Gasteiger partial charge in [0.15, 0.2) is 11.6 Å². The topological polar surface area (TPSA) is 86.5 Å². The summed E-state index contributed by atoms with van der Waals surface area (Å²) in [6.07, 6.45) is 1.58. The zero-order valence-electron chi connectivity index (χ0n) is 12.0. The van der Waals surface area contributed by atoms with Gasteiger partial charge in [0.05, 0.1) is 25.2 Å². The van der Waals surface area contributed by atoms with E-state index in [1.54, 1.807) is 18.3 Å². The molecule has 0 spiro atoms. The van der Waals surface area contributed by atoms with E-state index >= 15 is 0 Å². The maximum atomic E-state index is 13.6. The summed E-state index contributed by atoms with van der Waals surface area (Å²) < 4.78 is 23.5. The summed E-state index contributed by atoms with van der Waals surface area (Å²) in [6.45, 7) is 0.229. The Labute approximate surface area is 125 Å². The van der Waals surface area contributed by atoms with Gasteiger partial charge >= 0.3 is 0 Å². The second kappa shape index (κ2) is 6.70. The summed E-state index contributed by atoms with van der Waals surface area (Å²) in [4.78, 5) is 14.4. The van der Waals surface area contributed by atoms with E-state index in [1.165, 1.54) is 20.3 Å². The van der Waals surface area contributed by atoms with Gasteiger partial charge in [-0.25, -0.2) is 9.37 Å². The Hall–Kier alpha value is -2.90. The quantitative estimate of drug-likeness (QED) is 0.652. The predicted molar refractivity (Wildman–Crippen MR) is 77.7 cm³/mol. The van der Waals surface area contributed by atoms with E-state index in [1.807, 2.05) is 0 Å². The Bertz CT molecular complexity index is 694. The summed E-state index contributed by atoms with van der Waals surface area (Å²) in [5.41, 5.74) is 0.484. The molecule has 0 aliphatic rings. The first-order chi connectivity index (χ1) is 10.6. The number of anilines is 1. The number of rotatable bonds is 6. The Morgan fingerprint density at radius 1 is 1.36 bits per heavy atom. The van der Waals surface area contributed by atoms with E-state index in [4.69, 9.17) is 9.47 Å². The van der Waals surface area contributed by atoms with Crippen molar-refractivity contribution in [2.45, 2.75) is 6.54 Å². The van der Waals surface area contributed by atoms with Crippen LogP contribution in [-0.2, 0) is 6.54 Å². The predicted octanol–water partition coefficient (Wildman–Crippen LogP) is 2.76. The normalized spacial score (nSPS) is 10.1. The Morgan fingerprint density at radius 2 is 2.14 bits per heavy atom. The highest BCUT2D eigenvalue weighted by atomic mass is 19.1. The van der Waals surface area contributed by atoms with E-state index in [9.17, 15) is 14.5 Å². The summed E-state index contributed by atoms with van der Waals surface area (Å²) in [6, 6.07) is 5.56. The van der Waals surface area contributed by atoms with Crippen LogP contribution in [0.25, 0.3) is 0 Å². The molecular weight excluding hydrogens is 293 g/mol. The standard InChI is InChI=1S/C14H14FN3O4/c1-21-13-7-11(12(18(19)20)6-10(13)15)17-8-9-4-3-5-16-14(9)22-2/h3-7,17H,8H2,1-2H3. The summed E-state index contributed by atoms with van der Waals surface area (Å²) >= 11 is 0. The molecule has 8 heteroatoms. The number of nitro groups is 1. The van der Waals surface area contributed by atoms with Crippen molar-refractivity contribution in [2.75, 3.05) is 19.5 Å². The number of benzene rings is 1. The van der Waals surface area contributed by atoms with E-state index in [0.29, 0.717) is 11.4 Å². The third-order valence-electron chi connectivity index (χ3n) is 2.98. The number of nitro benzene ring substituents is 1. The van der Waals surface area contributed by atoms with Crippen molar-refractivity contribution < 1.29 is 18.8 Å². The van der Waals surface area contributed by atoms with Crippen molar-refractivity contribution >= 4 is 11.4 Å². The number of nitrogens with zero attached hydrogens (tertiary/aromatic N) is 2. The van der Waals surface area contributed by atoms with Crippen LogP contribution in [0.15, 0.2) is 30.5 Å². The monoisotopic (exact) mass is 307 g/mol. The number of nitrogens with one attached hydrogen (secondary N) is 1. The first-order valence-corrected chi connectivity index (χ1v) is 6.30. The van der Waals surface area contributed by atoms with Crippen LogP contribution in [0.1, 0.15) is 5.56 Å². The minimum atomic E-state index is -0.793. The maximum Gasteiger partial charge on any atom is 0.295 e. The smallest absolute Gasteiger partial charge is 0.295 e. The lowest BCUT2D eigenvalue weighted by atomic mass is 10.2. The molecule has 2 rings (SSSR count). The van der Waals surface area contributed by atoms with Crippen LogP contribution in [0.2, 0.25) is 0 Å². The van der Waals surface area contributed by atoms with E-state index in [0.717, 1.165) is 6.07 Å². The second-order valence-electron chi connectivity index (χ2n) is 4.29. The number of hydrogen-bond acceptors (Lipinski definition) is 6. The van der Waals surface area contributed by atoms with Crippen LogP contribution in [0, 0.1) is 15.9 Å². The number of ether oxygens (including phenoxy) is 2. The average Bonchev–Trinajstić information content (AvgIpc) is 2.53. The molecule has 0 fully saturated rings. The van der Waals surface area contributed by atoms with Gasteiger partial charge in [0, 0.05) is 24.4 Å². The zero-order valence-corrected chi connectivity index (χ0v) is 12.0. The van der Waals surface area contributed by atoms with E-state index in [-0.39, 0.29) is 23.7 Å². The van der Waals surface area contributed by atoms with Gasteiger partial charge < -0.3 is 14.8 Å². The van der Waals surface area contributed by atoms with Crippen molar-refractivity contribution in [1.82, 2.24) is 4.98 Å². The summed E-state index contributed by atoms with van der Waals surface area (Å²) in [5.74, 6) is -0.461. The molecule has 0 bridgehead atoms. The highest BCUT2D eigenvalue weighted by Gasteiger charge is 2.19. The molecule has 1 aromatic heterocycles. The van der Waals surface area contributed by atoms with Gasteiger partial charge in [-0.15, -0.1) is 0 Å². The number of halogens is 1. The molecule has 1 aromatic carbocycles. The molecule has 0 unspecified atom stereocenters. The highest BCUT2D eigenvalue weighted by molar-refractivity contribution is 5.64. The molecule has 1 heterocycles. The lowest BCUT2D eigenvalue weighted by Crippen LogP contribution is -2.06. The fourth-order valence-electron chi connectivity index (χ4n) is 1.92. The Kier molecular flexibility index (Phi) is 4.72.